The molecular weight excluding hydrogens is 348 g/mol. The van der Waals surface area contributed by atoms with Crippen LogP contribution in [0.2, 0.25) is 0 Å². The van der Waals surface area contributed by atoms with Gasteiger partial charge < -0.3 is 10.0 Å². The van der Waals surface area contributed by atoms with Crippen molar-refractivity contribution in [2.24, 2.45) is 11.8 Å². The molecule has 1 aliphatic rings. The van der Waals surface area contributed by atoms with Crippen molar-refractivity contribution in [2.45, 2.75) is 51.0 Å². The van der Waals surface area contributed by atoms with Crippen LogP contribution in [0.3, 0.4) is 0 Å². The third kappa shape index (κ3) is 5.53. The molecule has 1 aliphatic carbocycles. The summed E-state index contributed by atoms with van der Waals surface area (Å²) in [5.41, 5.74) is 2.77. The van der Waals surface area contributed by atoms with Crippen LogP contribution in [0.1, 0.15) is 44.1 Å². The number of carboxylic acids is 1. The zero-order chi connectivity index (χ0) is 19.8. The van der Waals surface area contributed by atoms with E-state index in [-0.39, 0.29) is 5.91 Å². The second-order valence-corrected chi connectivity index (χ2v) is 7.15. The van der Waals surface area contributed by atoms with Gasteiger partial charge in [0.2, 0.25) is 5.91 Å². The average Bonchev–Trinajstić information content (AvgIpc) is 2.70. The molecule has 0 saturated heterocycles. The molecule has 7 heteroatoms. The molecule has 27 heavy (non-hydrogen) atoms. The Hall–Kier alpha value is -2.41. The summed E-state index contributed by atoms with van der Waals surface area (Å²) in [6, 6.07) is 8.98. The summed E-state index contributed by atoms with van der Waals surface area (Å²) in [5, 5.41) is 18.5. The lowest BCUT2D eigenvalue weighted by atomic mass is 9.78. The van der Waals surface area contributed by atoms with Gasteiger partial charge in [-0.3, -0.25) is 19.6 Å². The Labute approximate surface area is 159 Å². The van der Waals surface area contributed by atoms with Crippen molar-refractivity contribution in [3.05, 3.63) is 35.9 Å². The predicted octanol–water partition coefficient (Wildman–Crippen LogP) is 2.23. The first-order chi connectivity index (χ1) is 13.0. The van der Waals surface area contributed by atoms with Gasteiger partial charge in [-0.05, 0) is 37.7 Å². The molecule has 0 aliphatic heterocycles. The Morgan fingerprint density at radius 2 is 1.78 bits per heavy atom. The number of nitrogens with one attached hydrogen (secondary N) is 1. The minimum atomic E-state index is -0.964. The van der Waals surface area contributed by atoms with E-state index in [1.54, 1.807) is 5.48 Å². The van der Waals surface area contributed by atoms with Crippen LogP contribution in [0.25, 0.3) is 0 Å². The molecule has 1 unspecified atom stereocenters. The van der Waals surface area contributed by atoms with Crippen molar-refractivity contribution in [3.8, 4) is 0 Å². The van der Waals surface area contributed by atoms with E-state index < -0.39 is 29.8 Å². The lowest BCUT2D eigenvalue weighted by molar-refractivity contribution is -0.154. The molecule has 2 amide bonds. The minimum absolute atomic E-state index is 0.338. The normalized spacial score (nSPS) is 20.5. The maximum Gasteiger partial charge on any atom is 0.307 e. The van der Waals surface area contributed by atoms with Gasteiger partial charge in [-0.2, -0.15) is 0 Å². The minimum Gasteiger partial charge on any atom is -0.481 e. The molecule has 3 atom stereocenters. The standard InChI is InChI=1S/C20H28N2O5/c1-22(19(24)15-11-5-6-12-16(15)20(25)26)17(18(23)21-27)13-7-10-14-8-3-2-4-9-14/h2-4,8-9,15-17,27H,5-7,10-13H2,1H3,(H,21,23)(H,25,26)/t15-,16-,17?/m0/s1. The highest BCUT2D eigenvalue weighted by atomic mass is 16.5. The van der Waals surface area contributed by atoms with Gasteiger partial charge in [0.15, 0.2) is 0 Å². The number of hydroxylamine groups is 1. The molecule has 0 radical (unpaired) electrons. The molecule has 0 aromatic heterocycles. The van der Waals surface area contributed by atoms with Crippen molar-refractivity contribution < 1.29 is 24.7 Å². The lowest BCUT2D eigenvalue weighted by Gasteiger charge is -2.34. The number of aliphatic carboxylic acids is 1. The summed E-state index contributed by atoms with van der Waals surface area (Å²) >= 11 is 0. The number of carbonyl (C=O) groups is 3. The van der Waals surface area contributed by atoms with Gasteiger partial charge in [0.05, 0.1) is 11.8 Å². The number of aryl methyl sites for hydroxylation is 1. The Kier molecular flexibility index (Phi) is 7.79. The highest BCUT2D eigenvalue weighted by Gasteiger charge is 2.39. The molecule has 1 aromatic carbocycles. The first kappa shape index (κ1) is 20.9. The molecule has 2 rings (SSSR count). The topological polar surface area (TPSA) is 107 Å². The Morgan fingerprint density at radius 3 is 2.37 bits per heavy atom. The van der Waals surface area contributed by atoms with Crippen molar-refractivity contribution in [3.63, 3.8) is 0 Å². The Balaban J connectivity index is 2.04. The Morgan fingerprint density at radius 1 is 1.15 bits per heavy atom. The van der Waals surface area contributed by atoms with E-state index in [1.807, 2.05) is 30.3 Å². The van der Waals surface area contributed by atoms with Crippen LogP contribution < -0.4 is 5.48 Å². The van der Waals surface area contributed by atoms with Gasteiger partial charge in [0.1, 0.15) is 6.04 Å². The maximum atomic E-state index is 12.9. The van der Waals surface area contributed by atoms with Gasteiger partial charge in [-0.25, -0.2) is 5.48 Å². The highest BCUT2D eigenvalue weighted by Crippen LogP contribution is 2.32. The molecule has 148 valence electrons. The fourth-order valence-corrected chi connectivity index (χ4v) is 3.86. The summed E-state index contributed by atoms with van der Waals surface area (Å²) in [6.07, 6.45) is 4.38. The summed E-state index contributed by atoms with van der Waals surface area (Å²) in [7, 11) is 1.51. The molecule has 0 bridgehead atoms. The number of carboxylic acid groups (broad SMARTS) is 1. The molecule has 1 saturated carbocycles. The fraction of sp³-hybridized carbons (Fsp3) is 0.550. The first-order valence-corrected chi connectivity index (χ1v) is 9.43. The fourth-order valence-electron chi connectivity index (χ4n) is 3.86. The van der Waals surface area contributed by atoms with Crippen LogP contribution in [0, 0.1) is 11.8 Å². The predicted molar refractivity (Wildman–Crippen MR) is 99.0 cm³/mol. The monoisotopic (exact) mass is 376 g/mol. The van der Waals surface area contributed by atoms with E-state index >= 15 is 0 Å². The summed E-state index contributed by atoms with van der Waals surface area (Å²) in [6.45, 7) is 0. The third-order valence-corrected chi connectivity index (χ3v) is 5.41. The molecule has 0 heterocycles. The number of amides is 2. The van der Waals surface area contributed by atoms with E-state index in [4.69, 9.17) is 5.21 Å². The Bertz CT molecular complexity index is 649. The average molecular weight is 376 g/mol. The van der Waals surface area contributed by atoms with Gasteiger partial charge >= 0.3 is 5.97 Å². The number of rotatable bonds is 8. The lowest BCUT2D eigenvalue weighted by Crippen LogP contribution is -2.50. The van der Waals surface area contributed by atoms with Crippen LogP contribution in [-0.2, 0) is 20.8 Å². The summed E-state index contributed by atoms with van der Waals surface area (Å²) in [5.74, 6) is -3.29. The van der Waals surface area contributed by atoms with Crippen LogP contribution in [0.5, 0.6) is 0 Å². The number of likely N-dealkylation sites (N-methyl/N-ethyl adjacent to an activating group) is 1. The SMILES string of the molecule is CN(C(=O)[C@H]1CCCC[C@@H]1C(=O)O)C(CCCc1ccccc1)C(=O)NO. The first-order valence-electron chi connectivity index (χ1n) is 9.43. The third-order valence-electron chi connectivity index (χ3n) is 5.41. The van der Waals surface area contributed by atoms with Gasteiger partial charge in [-0.1, -0.05) is 43.2 Å². The van der Waals surface area contributed by atoms with Gasteiger partial charge in [0, 0.05) is 7.05 Å². The molecule has 0 spiro atoms. The molecule has 1 aromatic rings. The summed E-state index contributed by atoms with van der Waals surface area (Å²) < 4.78 is 0. The van der Waals surface area contributed by atoms with E-state index in [9.17, 15) is 19.5 Å². The number of hydrogen-bond donors (Lipinski definition) is 3. The van der Waals surface area contributed by atoms with E-state index in [0.29, 0.717) is 25.7 Å². The number of carbonyl (C=O) groups excluding carboxylic acids is 2. The number of benzene rings is 1. The zero-order valence-corrected chi connectivity index (χ0v) is 15.6. The van der Waals surface area contributed by atoms with Gasteiger partial charge in [-0.15, -0.1) is 0 Å². The van der Waals surface area contributed by atoms with Crippen molar-refractivity contribution in [2.75, 3.05) is 7.05 Å². The molecule has 3 N–H and O–H groups in total. The second-order valence-electron chi connectivity index (χ2n) is 7.15. The number of nitrogens with zero attached hydrogens (tertiary/aromatic N) is 1. The smallest absolute Gasteiger partial charge is 0.307 e. The van der Waals surface area contributed by atoms with Crippen LogP contribution in [0.15, 0.2) is 30.3 Å². The van der Waals surface area contributed by atoms with Crippen LogP contribution >= 0.6 is 0 Å². The largest absolute Gasteiger partial charge is 0.481 e. The van der Waals surface area contributed by atoms with E-state index in [1.165, 1.54) is 11.9 Å². The van der Waals surface area contributed by atoms with Crippen LogP contribution in [-0.4, -0.2) is 46.1 Å². The van der Waals surface area contributed by atoms with E-state index in [0.717, 1.165) is 24.8 Å². The van der Waals surface area contributed by atoms with Gasteiger partial charge in [0.25, 0.3) is 5.91 Å². The van der Waals surface area contributed by atoms with Crippen molar-refractivity contribution in [1.29, 1.82) is 0 Å². The maximum absolute atomic E-state index is 12.9. The van der Waals surface area contributed by atoms with Crippen molar-refractivity contribution >= 4 is 17.8 Å². The summed E-state index contributed by atoms with van der Waals surface area (Å²) in [4.78, 5) is 37.8. The molecular formula is C20H28N2O5. The second kappa shape index (κ2) is 10.1. The molecule has 7 nitrogen and oxygen atoms in total. The van der Waals surface area contributed by atoms with Crippen LogP contribution in [0.4, 0.5) is 0 Å². The quantitative estimate of drug-likeness (QED) is 0.476. The zero-order valence-electron chi connectivity index (χ0n) is 15.6. The van der Waals surface area contributed by atoms with Crippen molar-refractivity contribution in [1.82, 2.24) is 10.4 Å². The van der Waals surface area contributed by atoms with E-state index in [2.05, 4.69) is 0 Å². The molecule has 1 fully saturated rings. The highest BCUT2D eigenvalue weighted by molar-refractivity contribution is 5.90. The number of hydrogen-bond acceptors (Lipinski definition) is 4.